The van der Waals surface area contributed by atoms with E-state index in [0.29, 0.717) is 25.7 Å². The zero-order valence-corrected chi connectivity index (χ0v) is 47.0. The van der Waals surface area contributed by atoms with Crippen LogP contribution in [0.15, 0.2) is 0 Å². The molecule has 0 aromatic carbocycles. The van der Waals surface area contributed by atoms with E-state index in [1.165, 1.54) is 19.6 Å². The monoisotopic (exact) mass is 1090 g/mol. The highest BCUT2D eigenvalue weighted by atomic mass is 16.3. The molecule has 0 heterocycles. The standard InChI is InChI=1S/C50H93N11O15/c1-11-36(6)52-26-42(68)54(17-22-63)28-43(69)56(19-24-65)30-47(73)61(40(10)15-5)35-50(76)59(38(8)13-3)33-46(72)55(18-23-64)29-44(70)57(20-25-66)31-48(74)60(39(9)14-4)34-49(75)58(37(7)12-2)32-45(71)53(16-21-62)27-41(51)67/h36-40,52,62-66H,11-35H2,1-10H3,(H2,51,67). The highest BCUT2D eigenvalue weighted by molar-refractivity contribution is 5.94. The van der Waals surface area contributed by atoms with Crippen LogP contribution in [0.1, 0.15) is 101 Å². The molecule has 0 aliphatic rings. The Labute approximate surface area is 449 Å². The summed E-state index contributed by atoms with van der Waals surface area (Å²) in [6, 6.07) is -2.19. The van der Waals surface area contributed by atoms with Gasteiger partial charge in [-0.25, -0.2) is 0 Å². The highest BCUT2D eigenvalue weighted by Gasteiger charge is 2.34. The van der Waals surface area contributed by atoms with Gasteiger partial charge in [0.15, 0.2) is 0 Å². The molecule has 438 valence electrons. The van der Waals surface area contributed by atoms with Crippen molar-refractivity contribution in [3.63, 3.8) is 0 Å². The number of hydrogen-bond acceptors (Lipinski definition) is 16. The van der Waals surface area contributed by atoms with Gasteiger partial charge in [0.25, 0.3) is 0 Å². The largest absolute Gasteiger partial charge is 0.395 e. The van der Waals surface area contributed by atoms with Crippen molar-refractivity contribution in [2.24, 2.45) is 5.73 Å². The van der Waals surface area contributed by atoms with Gasteiger partial charge >= 0.3 is 0 Å². The van der Waals surface area contributed by atoms with E-state index in [1.807, 2.05) is 13.8 Å². The zero-order chi connectivity index (χ0) is 58.2. The van der Waals surface area contributed by atoms with Crippen LogP contribution in [0, 0.1) is 0 Å². The quantitative estimate of drug-likeness (QED) is 0.0313. The van der Waals surface area contributed by atoms with E-state index < -0.39 is 175 Å². The first-order valence-corrected chi connectivity index (χ1v) is 26.5. The van der Waals surface area contributed by atoms with Gasteiger partial charge in [0, 0.05) is 62.9 Å². The van der Waals surface area contributed by atoms with E-state index in [2.05, 4.69) is 5.32 Å². The van der Waals surface area contributed by atoms with Crippen LogP contribution in [0.3, 0.4) is 0 Å². The Kier molecular flexibility index (Phi) is 35.3. The fourth-order valence-electron chi connectivity index (χ4n) is 7.61. The molecule has 5 atom stereocenters. The summed E-state index contributed by atoms with van der Waals surface area (Å²) in [7, 11) is 0. The molecule has 0 bridgehead atoms. The lowest BCUT2D eigenvalue weighted by Crippen LogP contribution is -2.56. The van der Waals surface area contributed by atoms with Gasteiger partial charge in [-0.2, -0.15) is 0 Å². The number of rotatable bonds is 40. The minimum atomic E-state index is -0.821. The van der Waals surface area contributed by atoms with Crippen LogP contribution in [0.4, 0.5) is 0 Å². The number of hydrogen-bond donors (Lipinski definition) is 7. The van der Waals surface area contributed by atoms with E-state index >= 15 is 0 Å². The SMILES string of the molecule is CCC(C)NCC(=O)N(CCO)CC(=O)N(CCO)CC(=O)N(CC(=O)N(CC(=O)N(CCO)CC(=O)N(CCO)CC(=O)N(CC(=O)N(CC(=O)N(CCO)CC(N)=O)C(C)CC)C(C)CC)C(C)CC)C(C)CC. The van der Waals surface area contributed by atoms with Crippen LogP contribution >= 0.6 is 0 Å². The van der Waals surface area contributed by atoms with Gasteiger partial charge in [-0.15, -0.1) is 0 Å². The Hall–Kier alpha value is -5.54. The van der Waals surface area contributed by atoms with Gasteiger partial charge in [0.05, 0.1) is 72.3 Å². The van der Waals surface area contributed by atoms with E-state index in [-0.39, 0.29) is 45.3 Å². The maximum absolute atomic E-state index is 14.3. The molecule has 0 spiro atoms. The first-order valence-electron chi connectivity index (χ1n) is 26.5. The average Bonchev–Trinajstić information content (AvgIpc) is 3.39. The summed E-state index contributed by atoms with van der Waals surface area (Å²) in [5, 5.41) is 52.1. The van der Waals surface area contributed by atoms with E-state index in [0.717, 1.165) is 30.9 Å². The molecule has 0 aromatic rings. The van der Waals surface area contributed by atoms with Crippen molar-refractivity contribution in [3.8, 4) is 0 Å². The van der Waals surface area contributed by atoms with Crippen molar-refractivity contribution in [1.29, 1.82) is 0 Å². The van der Waals surface area contributed by atoms with Crippen LogP contribution < -0.4 is 11.1 Å². The van der Waals surface area contributed by atoms with Crippen molar-refractivity contribution in [1.82, 2.24) is 49.4 Å². The lowest BCUT2D eigenvalue weighted by molar-refractivity contribution is -0.151. The number of primary amides is 1. The molecule has 0 aromatic heterocycles. The number of nitrogens with two attached hydrogens (primary N) is 1. The normalized spacial score (nSPS) is 13.0. The number of amides is 10. The van der Waals surface area contributed by atoms with Gasteiger partial charge in [-0.1, -0.05) is 34.6 Å². The number of carbonyl (C=O) groups is 10. The molecule has 0 rings (SSSR count). The highest BCUT2D eigenvalue weighted by Crippen LogP contribution is 2.14. The van der Waals surface area contributed by atoms with E-state index in [1.54, 1.807) is 55.4 Å². The Morgan fingerprint density at radius 3 is 0.816 bits per heavy atom. The van der Waals surface area contributed by atoms with Crippen molar-refractivity contribution in [2.75, 3.05) is 131 Å². The maximum Gasteiger partial charge on any atom is 0.242 e. The molecule has 0 saturated heterocycles. The van der Waals surface area contributed by atoms with Crippen LogP contribution in [0.2, 0.25) is 0 Å². The van der Waals surface area contributed by atoms with Gasteiger partial charge in [0.2, 0.25) is 59.1 Å². The Morgan fingerprint density at radius 2 is 0.566 bits per heavy atom. The molecule has 0 saturated carbocycles. The van der Waals surface area contributed by atoms with Gasteiger partial charge < -0.3 is 80.7 Å². The van der Waals surface area contributed by atoms with Crippen molar-refractivity contribution in [2.45, 2.75) is 132 Å². The summed E-state index contributed by atoms with van der Waals surface area (Å²) >= 11 is 0. The van der Waals surface area contributed by atoms with Gasteiger partial charge in [-0.05, 0) is 66.7 Å². The lowest BCUT2D eigenvalue weighted by atomic mass is 10.1. The fourth-order valence-corrected chi connectivity index (χ4v) is 7.61. The Balaban J connectivity index is 6.55. The minimum Gasteiger partial charge on any atom is -0.395 e. The Morgan fingerprint density at radius 1 is 0.342 bits per heavy atom. The molecule has 0 fully saturated rings. The number of nitrogens with zero attached hydrogens (tertiary/aromatic N) is 9. The van der Waals surface area contributed by atoms with E-state index in [9.17, 15) is 73.5 Å². The molecule has 5 unspecified atom stereocenters. The molecule has 0 aliphatic heterocycles. The minimum absolute atomic E-state index is 0.0133. The molecular formula is C50H93N11O15. The van der Waals surface area contributed by atoms with E-state index in [4.69, 9.17) is 5.73 Å². The third-order valence-electron chi connectivity index (χ3n) is 13.5. The lowest BCUT2D eigenvalue weighted by Gasteiger charge is -2.36. The number of nitrogens with one attached hydrogen (secondary N) is 1. The molecular weight excluding hydrogens is 995 g/mol. The zero-order valence-electron chi connectivity index (χ0n) is 47.0. The summed E-state index contributed by atoms with van der Waals surface area (Å²) in [5.41, 5.74) is 5.30. The maximum atomic E-state index is 14.3. The van der Waals surface area contributed by atoms with Crippen molar-refractivity contribution < 1.29 is 73.5 Å². The second kappa shape index (κ2) is 38.1. The number of aliphatic hydroxyl groups excluding tert-OH is 5. The molecule has 10 amide bonds. The van der Waals surface area contributed by atoms with Crippen LogP contribution in [-0.2, 0) is 47.9 Å². The predicted octanol–water partition coefficient (Wildman–Crippen LogP) is -3.53. The smallest absolute Gasteiger partial charge is 0.242 e. The number of carbonyl (C=O) groups excluding carboxylic acids is 10. The van der Waals surface area contributed by atoms with Crippen LogP contribution in [0.5, 0.6) is 0 Å². The van der Waals surface area contributed by atoms with Gasteiger partial charge in [0.1, 0.15) is 26.2 Å². The second-order valence-corrected chi connectivity index (χ2v) is 19.0. The molecule has 0 radical (unpaired) electrons. The molecule has 8 N–H and O–H groups in total. The summed E-state index contributed by atoms with van der Waals surface area (Å²) in [5.74, 6) is -6.82. The second-order valence-electron chi connectivity index (χ2n) is 19.0. The average molecular weight is 1090 g/mol. The van der Waals surface area contributed by atoms with Crippen molar-refractivity contribution in [3.05, 3.63) is 0 Å². The van der Waals surface area contributed by atoms with Crippen LogP contribution in [-0.4, -0.2) is 290 Å². The summed E-state index contributed by atoms with van der Waals surface area (Å²) < 4.78 is 0. The van der Waals surface area contributed by atoms with Crippen LogP contribution in [0.25, 0.3) is 0 Å². The molecule has 0 aliphatic carbocycles. The molecule has 26 heteroatoms. The predicted molar refractivity (Wildman–Crippen MR) is 281 cm³/mol. The third-order valence-corrected chi connectivity index (χ3v) is 13.5. The summed E-state index contributed by atoms with van der Waals surface area (Å²) in [4.78, 5) is 146. The number of aliphatic hydroxyl groups is 5. The first-order chi connectivity index (χ1) is 35.9. The molecule has 76 heavy (non-hydrogen) atoms. The fraction of sp³-hybridized carbons (Fsp3) is 0.800. The topological polar surface area (TPSA) is 339 Å². The third kappa shape index (κ3) is 24.6. The van der Waals surface area contributed by atoms with Gasteiger partial charge in [-0.3, -0.25) is 47.9 Å². The Bertz CT molecular complexity index is 1850. The molecule has 26 nitrogen and oxygen atoms in total. The first kappa shape index (κ1) is 70.5. The van der Waals surface area contributed by atoms with Crippen molar-refractivity contribution >= 4 is 59.1 Å². The summed E-state index contributed by atoms with van der Waals surface area (Å²) in [6.45, 7) is 8.59. The summed E-state index contributed by atoms with van der Waals surface area (Å²) in [6.07, 6.45) is 2.27.